The Kier molecular flexibility index (Phi) is 5.56. The van der Waals surface area contributed by atoms with Crippen LogP contribution in [0.25, 0.3) is 0 Å². The van der Waals surface area contributed by atoms with Gasteiger partial charge in [-0.05, 0) is 25.3 Å². The lowest BCUT2D eigenvalue weighted by atomic mass is 9.96. The van der Waals surface area contributed by atoms with E-state index in [4.69, 9.17) is 0 Å². The van der Waals surface area contributed by atoms with Crippen molar-refractivity contribution in [1.29, 1.82) is 0 Å². The average molecular weight is 199 g/mol. The van der Waals surface area contributed by atoms with Crippen molar-refractivity contribution >= 4 is 12.6 Å². The van der Waals surface area contributed by atoms with Crippen LogP contribution in [-0.2, 0) is 0 Å². The van der Waals surface area contributed by atoms with Gasteiger partial charge in [-0.3, -0.25) is 4.90 Å². The number of likely N-dealkylation sites (tertiary alicyclic amines) is 1. The minimum Gasteiger partial charge on any atom is -0.299 e. The van der Waals surface area contributed by atoms with Gasteiger partial charge in [-0.1, -0.05) is 25.5 Å². The Balaban J connectivity index is 2.21. The molecule has 0 N–H and O–H groups in total. The third-order valence-corrected chi connectivity index (χ3v) is 3.03. The minimum atomic E-state index is 0.866. The number of hydrogen-bond acceptors (Lipinski definition) is 2. The molecular formula is C11H21NS. The maximum Gasteiger partial charge on any atom is 0.0163 e. The summed E-state index contributed by atoms with van der Waals surface area (Å²) in [6.45, 7) is 6.01. The predicted octanol–water partition coefficient (Wildman–Crippen LogP) is 2.59. The maximum absolute atomic E-state index is 4.15. The van der Waals surface area contributed by atoms with Crippen molar-refractivity contribution in [3.63, 3.8) is 0 Å². The molecule has 13 heavy (non-hydrogen) atoms. The highest BCUT2D eigenvalue weighted by Gasteiger charge is 2.16. The van der Waals surface area contributed by atoms with Crippen molar-refractivity contribution in [3.05, 3.63) is 12.2 Å². The van der Waals surface area contributed by atoms with Gasteiger partial charge >= 0.3 is 0 Å². The van der Waals surface area contributed by atoms with Gasteiger partial charge in [0.05, 0.1) is 0 Å². The lowest BCUT2D eigenvalue weighted by Crippen LogP contribution is -2.35. The van der Waals surface area contributed by atoms with Gasteiger partial charge in [-0.15, -0.1) is 0 Å². The number of hydrogen-bond donors (Lipinski definition) is 1. The SMILES string of the molecule is CCC1CCCN(CC=CCS)C1. The molecule has 0 radical (unpaired) electrons. The summed E-state index contributed by atoms with van der Waals surface area (Å²) < 4.78 is 0. The van der Waals surface area contributed by atoms with Gasteiger partial charge in [0.2, 0.25) is 0 Å². The highest BCUT2D eigenvalue weighted by molar-refractivity contribution is 7.80. The Morgan fingerprint density at radius 3 is 3.00 bits per heavy atom. The summed E-state index contributed by atoms with van der Waals surface area (Å²) in [4.78, 5) is 2.55. The third kappa shape index (κ3) is 4.19. The van der Waals surface area contributed by atoms with Crippen molar-refractivity contribution in [2.75, 3.05) is 25.4 Å². The fraction of sp³-hybridized carbons (Fsp3) is 0.818. The molecule has 1 fully saturated rings. The van der Waals surface area contributed by atoms with Crippen LogP contribution in [-0.4, -0.2) is 30.3 Å². The van der Waals surface area contributed by atoms with E-state index >= 15 is 0 Å². The third-order valence-electron chi connectivity index (χ3n) is 2.82. The molecule has 0 aromatic heterocycles. The van der Waals surface area contributed by atoms with Crippen molar-refractivity contribution in [2.24, 2.45) is 5.92 Å². The van der Waals surface area contributed by atoms with E-state index in [-0.39, 0.29) is 0 Å². The van der Waals surface area contributed by atoms with E-state index in [1.165, 1.54) is 32.4 Å². The first kappa shape index (κ1) is 11.1. The van der Waals surface area contributed by atoms with E-state index in [2.05, 4.69) is 36.6 Å². The number of piperidine rings is 1. The zero-order chi connectivity index (χ0) is 9.52. The van der Waals surface area contributed by atoms with E-state index in [1.807, 2.05) is 0 Å². The predicted molar refractivity (Wildman–Crippen MR) is 62.4 cm³/mol. The van der Waals surface area contributed by atoms with E-state index in [9.17, 15) is 0 Å². The van der Waals surface area contributed by atoms with Crippen molar-refractivity contribution in [3.8, 4) is 0 Å². The second kappa shape index (κ2) is 6.50. The van der Waals surface area contributed by atoms with Gasteiger partial charge in [0.25, 0.3) is 0 Å². The van der Waals surface area contributed by atoms with Crippen molar-refractivity contribution in [1.82, 2.24) is 4.90 Å². The molecule has 0 aromatic carbocycles. The molecule has 1 nitrogen and oxygen atoms in total. The van der Waals surface area contributed by atoms with Crippen LogP contribution in [0, 0.1) is 5.92 Å². The second-order valence-corrected chi connectivity index (χ2v) is 4.20. The second-order valence-electron chi connectivity index (χ2n) is 3.83. The summed E-state index contributed by atoms with van der Waals surface area (Å²) in [5.41, 5.74) is 0. The van der Waals surface area contributed by atoms with Gasteiger partial charge in [-0.2, -0.15) is 12.6 Å². The van der Waals surface area contributed by atoms with Gasteiger partial charge in [0.15, 0.2) is 0 Å². The summed E-state index contributed by atoms with van der Waals surface area (Å²) in [6, 6.07) is 0. The van der Waals surface area contributed by atoms with E-state index < -0.39 is 0 Å². The highest BCUT2D eigenvalue weighted by atomic mass is 32.1. The summed E-state index contributed by atoms with van der Waals surface area (Å²) >= 11 is 4.15. The Morgan fingerprint density at radius 2 is 2.31 bits per heavy atom. The molecule has 1 heterocycles. The molecule has 1 saturated heterocycles. The normalized spacial score (nSPS) is 25.5. The Hall–Kier alpha value is 0.0500. The highest BCUT2D eigenvalue weighted by Crippen LogP contribution is 2.18. The maximum atomic E-state index is 4.15. The summed E-state index contributed by atoms with van der Waals surface area (Å²) in [7, 11) is 0. The topological polar surface area (TPSA) is 3.24 Å². The summed E-state index contributed by atoms with van der Waals surface area (Å²) in [5, 5.41) is 0. The molecule has 2 heteroatoms. The van der Waals surface area contributed by atoms with E-state index in [0.717, 1.165) is 18.2 Å². The van der Waals surface area contributed by atoms with E-state index in [1.54, 1.807) is 0 Å². The summed E-state index contributed by atoms with van der Waals surface area (Å²) in [5.74, 6) is 1.81. The average Bonchev–Trinajstić information content (AvgIpc) is 2.19. The molecule has 1 aliphatic heterocycles. The molecule has 1 unspecified atom stereocenters. The van der Waals surface area contributed by atoms with Crippen LogP contribution < -0.4 is 0 Å². The minimum absolute atomic E-state index is 0.866. The quantitative estimate of drug-likeness (QED) is 0.538. The van der Waals surface area contributed by atoms with E-state index in [0.29, 0.717) is 0 Å². The molecule has 0 bridgehead atoms. The Bertz CT molecular complexity index is 156. The molecule has 1 aliphatic rings. The number of thiol groups is 1. The van der Waals surface area contributed by atoms with Crippen LogP contribution in [0.2, 0.25) is 0 Å². The first-order chi connectivity index (χ1) is 6.36. The van der Waals surface area contributed by atoms with Crippen LogP contribution in [0.3, 0.4) is 0 Å². The molecule has 0 aromatic rings. The molecule has 1 rings (SSSR count). The molecule has 1 atom stereocenters. The Labute approximate surface area is 87.6 Å². The van der Waals surface area contributed by atoms with Crippen LogP contribution in [0.5, 0.6) is 0 Å². The van der Waals surface area contributed by atoms with Crippen molar-refractivity contribution in [2.45, 2.75) is 26.2 Å². The molecule has 76 valence electrons. The number of nitrogens with zero attached hydrogens (tertiary/aromatic N) is 1. The largest absolute Gasteiger partial charge is 0.299 e. The van der Waals surface area contributed by atoms with Crippen LogP contribution in [0.1, 0.15) is 26.2 Å². The number of rotatable bonds is 4. The fourth-order valence-corrected chi connectivity index (χ4v) is 2.10. The van der Waals surface area contributed by atoms with Crippen LogP contribution in [0.4, 0.5) is 0 Å². The zero-order valence-corrected chi connectivity index (χ0v) is 9.47. The molecule has 0 aliphatic carbocycles. The van der Waals surface area contributed by atoms with Crippen molar-refractivity contribution < 1.29 is 0 Å². The molecule has 0 saturated carbocycles. The molecule has 0 spiro atoms. The van der Waals surface area contributed by atoms with Crippen LogP contribution >= 0.6 is 12.6 Å². The summed E-state index contributed by atoms with van der Waals surface area (Å²) in [6.07, 6.45) is 8.53. The zero-order valence-electron chi connectivity index (χ0n) is 8.58. The van der Waals surface area contributed by atoms with Gasteiger partial charge in [-0.25, -0.2) is 0 Å². The smallest absolute Gasteiger partial charge is 0.0163 e. The first-order valence-electron chi connectivity index (χ1n) is 5.35. The fourth-order valence-electron chi connectivity index (χ4n) is 1.95. The van der Waals surface area contributed by atoms with Crippen LogP contribution in [0.15, 0.2) is 12.2 Å². The lowest BCUT2D eigenvalue weighted by Gasteiger charge is -2.31. The van der Waals surface area contributed by atoms with Gasteiger partial charge in [0.1, 0.15) is 0 Å². The lowest BCUT2D eigenvalue weighted by molar-refractivity contribution is 0.188. The van der Waals surface area contributed by atoms with Gasteiger partial charge < -0.3 is 0 Å². The molecular weight excluding hydrogens is 178 g/mol. The first-order valence-corrected chi connectivity index (χ1v) is 5.98. The monoisotopic (exact) mass is 199 g/mol. The standard InChI is InChI=1S/C11H21NS/c1-2-11-6-5-8-12(10-11)7-3-4-9-13/h3-4,11,13H,2,5-10H2,1H3. The Morgan fingerprint density at radius 1 is 1.46 bits per heavy atom. The molecule has 0 amide bonds. The van der Waals surface area contributed by atoms with Gasteiger partial charge in [0, 0.05) is 18.8 Å².